The summed E-state index contributed by atoms with van der Waals surface area (Å²) in [4.78, 5) is 0. The molecule has 0 saturated heterocycles. The van der Waals surface area contributed by atoms with Gasteiger partial charge in [-0.2, -0.15) is 8.42 Å². The van der Waals surface area contributed by atoms with Crippen LogP contribution in [0.15, 0.2) is 24.3 Å². The number of para-hydroxylation sites is 2. The molecule has 84 valence electrons. The number of rotatable bonds is 0. The smallest absolute Gasteiger partial charge is 0.317 e. The molecule has 1 heterocycles. The molecule has 0 bridgehead atoms. The zero-order valence-corrected chi connectivity index (χ0v) is 9.85. The summed E-state index contributed by atoms with van der Waals surface area (Å²) in [6, 6.07) is 7.70. The summed E-state index contributed by atoms with van der Waals surface area (Å²) in [6.45, 7) is 1.33. The number of hydrogen-bond acceptors (Lipinski definition) is 4. The van der Waals surface area contributed by atoms with E-state index in [4.69, 9.17) is 17.9 Å². The lowest BCUT2D eigenvalue weighted by molar-refractivity contribution is 0.171. The first-order chi connectivity index (χ1) is 6.97. The number of fused-ring (bicyclic) bond motifs is 1. The van der Waals surface area contributed by atoms with Crippen molar-refractivity contribution >= 4 is 29.6 Å². The van der Waals surface area contributed by atoms with Crippen LogP contribution in [-0.4, -0.2) is 21.6 Å². The van der Waals surface area contributed by atoms with Gasteiger partial charge in [0.15, 0.2) is 11.5 Å². The Kier molecular flexibility index (Phi) is 4.50. The molecule has 1 aliphatic heterocycles. The van der Waals surface area contributed by atoms with Gasteiger partial charge in [-0.3, -0.25) is 0 Å². The van der Waals surface area contributed by atoms with E-state index in [1.165, 1.54) is 0 Å². The van der Waals surface area contributed by atoms with Gasteiger partial charge in [-0.25, -0.2) is 0 Å². The Morgan fingerprint density at radius 1 is 1.00 bits per heavy atom. The molecule has 0 aliphatic carbocycles. The van der Waals surface area contributed by atoms with Crippen LogP contribution in [0.2, 0.25) is 0 Å². The molecule has 0 atom stereocenters. The number of halogens is 2. The van der Waals surface area contributed by atoms with Crippen LogP contribution in [-0.2, 0) is 8.26 Å². The van der Waals surface area contributed by atoms with E-state index in [0.717, 1.165) is 11.5 Å². The third-order valence-corrected chi connectivity index (χ3v) is 1.45. The summed E-state index contributed by atoms with van der Waals surface area (Å²) in [6.07, 6.45) is 0. The summed E-state index contributed by atoms with van der Waals surface area (Å²) in [5, 5.41) is 0. The van der Waals surface area contributed by atoms with Crippen LogP contribution in [0.1, 0.15) is 0 Å². The predicted octanol–water partition coefficient (Wildman–Crippen LogP) is 2.17. The number of ether oxygens (including phenoxy) is 2. The zero-order chi connectivity index (χ0) is 11.3. The van der Waals surface area contributed by atoms with E-state index in [-0.39, 0.29) is 0 Å². The Balaban J connectivity index is 0.000000195. The lowest BCUT2D eigenvalue weighted by Crippen LogP contribution is -2.14. The Labute approximate surface area is 96.6 Å². The average molecular weight is 271 g/mol. The highest BCUT2D eigenvalue weighted by atomic mass is 36.0. The van der Waals surface area contributed by atoms with Crippen molar-refractivity contribution < 1.29 is 17.9 Å². The molecule has 15 heavy (non-hydrogen) atoms. The molecule has 0 aromatic heterocycles. The predicted molar refractivity (Wildman–Crippen MR) is 58.1 cm³/mol. The molecule has 0 fully saturated rings. The van der Waals surface area contributed by atoms with Gasteiger partial charge in [0.25, 0.3) is 0 Å². The third kappa shape index (κ3) is 5.71. The summed E-state index contributed by atoms with van der Waals surface area (Å²) in [5.41, 5.74) is 0. The molecule has 1 aromatic rings. The van der Waals surface area contributed by atoms with Crippen molar-refractivity contribution in [2.45, 2.75) is 0 Å². The molecule has 0 saturated carbocycles. The van der Waals surface area contributed by atoms with E-state index in [2.05, 4.69) is 21.4 Å². The van der Waals surface area contributed by atoms with Crippen LogP contribution in [0.4, 0.5) is 0 Å². The molecule has 0 radical (unpaired) electrons. The standard InChI is InChI=1S/C8H8O2.Cl2O2S/c1-2-4-8-7(3-1)9-5-6-10-8;1-5(2,3)4/h1-4H,5-6H2;. The van der Waals surface area contributed by atoms with Gasteiger partial charge in [-0.1, -0.05) is 12.1 Å². The van der Waals surface area contributed by atoms with Gasteiger partial charge in [0.2, 0.25) is 0 Å². The first-order valence-electron chi connectivity index (χ1n) is 3.95. The van der Waals surface area contributed by atoms with Crippen LogP contribution in [0.3, 0.4) is 0 Å². The fourth-order valence-corrected chi connectivity index (χ4v) is 0.992. The van der Waals surface area contributed by atoms with Crippen LogP contribution in [0, 0.1) is 0 Å². The SMILES string of the molecule is O=S(=O)(Cl)Cl.c1ccc2c(c1)OCCO2. The van der Waals surface area contributed by atoms with Crippen molar-refractivity contribution in [2.75, 3.05) is 13.2 Å². The molecule has 4 nitrogen and oxygen atoms in total. The Morgan fingerprint density at radius 3 is 1.67 bits per heavy atom. The van der Waals surface area contributed by atoms with Gasteiger partial charge < -0.3 is 9.47 Å². The Bertz CT molecular complexity index is 385. The minimum absolute atomic E-state index is 0.664. The number of benzene rings is 1. The summed E-state index contributed by atoms with van der Waals surface area (Å²) in [5.74, 6) is 1.71. The largest absolute Gasteiger partial charge is 0.486 e. The topological polar surface area (TPSA) is 52.6 Å². The van der Waals surface area contributed by atoms with E-state index < -0.39 is 8.26 Å². The average Bonchev–Trinajstić information content (AvgIpc) is 2.16. The Hall–Kier alpha value is -0.650. The van der Waals surface area contributed by atoms with E-state index >= 15 is 0 Å². The van der Waals surface area contributed by atoms with E-state index in [1.807, 2.05) is 24.3 Å². The minimum atomic E-state index is -3.72. The lowest BCUT2D eigenvalue weighted by Gasteiger charge is -2.17. The second kappa shape index (κ2) is 5.44. The summed E-state index contributed by atoms with van der Waals surface area (Å²) in [7, 11) is 4.81. The molecule has 0 amide bonds. The first kappa shape index (κ1) is 12.4. The number of hydrogen-bond donors (Lipinski definition) is 0. The normalized spacial score (nSPS) is 13.7. The van der Waals surface area contributed by atoms with Crippen LogP contribution >= 0.6 is 21.4 Å². The minimum Gasteiger partial charge on any atom is -0.486 e. The van der Waals surface area contributed by atoms with Gasteiger partial charge in [0.05, 0.1) is 0 Å². The van der Waals surface area contributed by atoms with E-state index in [0.29, 0.717) is 13.2 Å². The van der Waals surface area contributed by atoms with Crippen LogP contribution in [0.5, 0.6) is 11.5 Å². The van der Waals surface area contributed by atoms with Gasteiger partial charge in [0, 0.05) is 21.4 Å². The van der Waals surface area contributed by atoms with Gasteiger partial charge in [0.1, 0.15) is 13.2 Å². The fraction of sp³-hybridized carbons (Fsp3) is 0.250. The zero-order valence-electron chi connectivity index (χ0n) is 7.52. The maximum atomic E-state index is 9.16. The molecule has 7 heteroatoms. The van der Waals surface area contributed by atoms with Crippen molar-refractivity contribution in [2.24, 2.45) is 0 Å². The van der Waals surface area contributed by atoms with Crippen molar-refractivity contribution in [3.05, 3.63) is 24.3 Å². The van der Waals surface area contributed by atoms with Crippen molar-refractivity contribution in [3.8, 4) is 11.5 Å². The first-order valence-corrected chi connectivity index (χ1v) is 7.09. The van der Waals surface area contributed by atoms with Crippen molar-refractivity contribution in [3.63, 3.8) is 0 Å². The van der Waals surface area contributed by atoms with Crippen LogP contribution in [0.25, 0.3) is 0 Å². The van der Waals surface area contributed by atoms with Gasteiger partial charge in [-0.15, -0.1) is 0 Å². The monoisotopic (exact) mass is 270 g/mol. The lowest BCUT2D eigenvalue weighted by atomic mass is 10.3. The molecular weight excluding hydrogens is 263 g/mol. The fourth-order valence-electron chi connectivity index (χ4n) is 0.992. The van der Waals surface area contributed by atoms with E-state index in [1.54, 1.807) is 0 Å². The van der Waals surface area contributed by atoms with Crippen molar-refractivity contribution in [1.82, 2.24) is 0 Å². The molecular formula is C8H8Cl2O4S. The summed E-state index contributed by atoms with van der Waals surface area (Å²) < 4.78 is 28.9. The molecule has 1 aromatic carbocycles. The van der Waals surface area contributed by atoms with E-state index in [9.17, 15) is 0 Å². The van der Waals surface area contributed by atoms with Crippen molar-refractivity contribution in [1.29, 1.82) is 0 Å². The molecule has 1 aliphatic rings. The second-order valence-electron chi connectivity index (χ2n) is 2.52. The molecule has 0 unspecified atom stereocenters. The summed E-state index contributed by atoms with van der Waals surface area (Å²) >= 11 is 0. The maximum absolute atomic E-state index is 9.16. The quantitative estimate of drug-likeness (QED) is 0.678. The molecule has 0 N–H and O–H groups in total. The highest BCUT2D eigenvalue weighted by Gasteiger charge is 2.07. The highest BCUT2D eigenvalue weighted by Crippen LogP contribution is 2.28. The third-order valence-electron chi connectivity index (χ3n) is 1.45. The molecule has 0 spiro atoms. The van der Waals surface area contributed by atoms with Crippen LogP contribution < -0.4 is 9.47 Å². The maximum Gasteiger partial charge on any atom is 0.317 e. The van der Waals surface area contributed by atoms with Gasteiger partial charge >= 0.3 is 8.26 Å². The van der Waals surface area contributed by atoms with Gasteiger partial charge in [-0.05, 0) is 12.1 Å². The Morgan fingerprint density at radius 2 is 1.33 bits per heavy atom. The highest BCUT2D eigenvalue weighted by molar-refractivity contribution is 8.31. The molecule has 2 rings (SSSR count). The second-order valence-corrected chi connectivity index (χ2v) is 6.19.